The standard InChI is InChI=1S/C8H16N2O4/c1-14-8(12)4-6-10(9-13)5-2-3-7-11/h11H,2-7H2,1H3. The van der Waals surface area contributed by atoms with Gasteiger partial charge in [-0.25, -0.2) is 0 Å². The number of nitroso groups, excluding NO2 is 1. The molecule has 0 atom stereocenters. The number of esters is 1. The van der Waals surface area contributed by atoms with Gasteiger partial charge in [-0.15, -0.1) is 4.91 Å². The van der Waals surface area contributed by atoms with Crippen LogP contribution in [0.25, 0.3) is 0 Å². The van der Waals surface area contributed by atoms with Gasteiger partial charge >= 0.3 is 5.97 Å². The highest BCUT2D eigenvalue weighted by molar-refractivity contribution is 5.69. The summed E-state index contributed by atoms with van der Waals surface area (Å²) in [5.74, 6) is -0.360. The minimum Gasteiger partial charge on any atom is -0.469 e. The van der Waals surface area contributed by atoms with Crippen molar-refractivity contribution in [1.29, 1.82) is 0 Å². The molecule has 0 rings (SSSR count). The topological polar surface area (TPSA) is 79.2 Å². The predicted octanol–water partition coefficient (Wildman–Crippen LogP) is 0.305. The van der Waals surface area contributed by atoms with Gasteiger partial charge in [0.1, 0.15) is 0 Å². The van der Waals surface area contributed by atoms with Crippen LogP contribution in [0.1, 0.15) is 19.3 Å². The van der Waals surface area contributed by atoms with E-state index in [0.29, 0.717) is 19.4 Å². The van der Waals surface area contributed by atoms with Crippen LogP contribution in [0.5, 0.6) is 0 Å². The minimum absolute atomic E-state index is 0.101. The van der Waals surface area contributed by atoms with Crippen molar-refractivity contribution in [1.82, 2.24) is 5.01 Å². The van der Waals surface area contributed by atoms with E-state index in [0.717, 1.165) is 0 Å². The van der Waals surface area contributed by atoms with Crippen LogP contribution in [0.4, 0.5) is 0 Å². The fourth-order valence-corrected chi connectivity index (χ4v) is 0.922. The maximum Gasteiger partial charge on any atom is 0.307 e. The van der Waals surface area contributed by atoms with Crippen LogP contribution in [0.15, 0.2) is 5.29 Å². The first-order valence-electron chi connectivity index (χ1n) is 4.50. The second kappa shape index (κ2) is 8.43. The molecule has 6 nitrogen and oxygen atoms in total. The normalized spacial score (nSPS) is 9.57. The molecule has 0 spiro atoms. The Morgan fingerprint density at radius 1 is 1.43 bits per heavy atom. The lowest BCUT2D eigenvalue weighted by atomic mass is 10.3. The number of unbranched alkanes of at least 4 members (excludes halogenated alkanes) is 1. The van der Waals surface area contributed by atoms with Gasteiger partial charge in [0, 0.05) is 19.7 Å². The maximum atomic E-state index is 10.7. The second-order valence-corrected chi connectivity index (χ2v) is 2.79. The molecule has 1 N–H and O–H groups in total. The SMILES string of the molecule is COC(=O)CCN(CCCCO)N=O. The summed E-state index contributed by atoms with van der Waals surface area (Å²) >= 11 is 0. The molecule has 82 valence electrons. The van der Waals surface area contributed by atoms with E-state index >= 15 is 0 Å². The number of aliphatic hydroxyl groups is 1. The van der Waals surface area contributed by atoms with Crippen LogP contribution < -0.4 is 0 Å². The van der Waals surface area contributed by atoms with Crippen LogP contribution in [0, 0.1) is 4.91 Å². The molecule has 0 saturated heterocycles. The Bertz CT molecular complexity index is 175. The molecule has 0 aromatic carbocycles. The van der Waals surface area contributed by atoms with Gasteiger partial charge in [-0.3, -0.25) is 9.80 Å². The third-order valence-electron chi connectivity index (χ3n) is 1.74. The summed E-state index contributed by atoms with van der Waals surface area (Å²) in [6.45, 7) is 0.826. The molecule has 0 bridgehead atoms. The summed E-state index contributed by atoms with van der Waals surface area (Å²) in [7, 11) is 1.30. The highest BCUT2D eigenvalue weighted by Gasteiger charge is 2.06. The quantitative estimate of drug-likeness (QED) is 0.266. The molecule has 14 heavy (non-hydrogen) atoms. The van der Waals surface area contributed by atoms with E-state index < -0.39 is 0 Å². The molecule has 0 heterocycles. The maximum absolute atomic E-state index is 10.7. The number of hydrogen-bond acceptors (Lipinski definition) is 5. The molecule has 0 aliphatic carbocycles. The van der Waals surface area contributed by atoms with E-state index in [9.17, 15) is 9.70 Å². The average Bonchev–Trinajstić information content (AvgIpc) is 2.22. The van der Waals surface area contributed by atoms with Crippen LogP contribution in [0.2, 0.25) is 0 Å². The van der Waals surface area contributed by atoms with Crippen molar-refractivity contribution in [2.45, 2.75) is 19.3 Å². The number of carbonyl (C=O) groups is 1. The number of nitrogens with zero attached hydrogens (tertiary/aromatic N) is 2. The largest absolute Gasteiger partial charge is 0.469 e. The molecule has 6 heteroatoms. The van der Waals surface area contributed by atoms with E-state index in [1.807, 2.05) is 0 Å². The number of ether oxygens (including phenoxy) is 1. The molecule has 0 aliphatic rings. The smallest absolute Gasteiger partial charge is 0.307 e. The van der Waals surface area contributed by atoms with Gasteiger partial charge in [-0.2, -0.15) is 0 Å². The summed E-state index contributed by atoms with van der Waals surface area (Å²) in [5.41, 5.74) is 0. The third kappa shape index (κ3) is 6.36. The summed E-state index contributed by atoms with van der Waals surface area (Å²) in [6.07, 6.45) is 1.47. The van der Waals surface area contributed by atoms with Crippen LogP contribution in [0.3, 0.4) is 0 Å². The Morgan fingerprint density at radius 2 is 2.14 bits per heavy atom. The molecule has 0 radical (unpaired) electrons. The van der Waals surface area contributed by atoms with Crippen molar-refractivity contribution in [2.24, 2.45) is 5.29 Å². The Morgan fingerprint density at radius 3 is 2.64 bits per heavy atom. The van der Waals surface area contributed by atoms with Gasteiger partial charge < -0.3 is 9.84 Å². The lowest BCUT2D eigenvalue weighted by molar-refractivity contribution is -0.141. The first-order chi connectivity index (χ1) is 6.74. The molecular weight excluding hydrogens is 188 g/mol. The molecular formula is C8H16N2O4. The molecule has 0 unspecified atom stereocenters. The van der Waals surface area contributed by atoms with Crippen molar-refractivity contribution in [3.8, 4) is 0 Å². The number of rotatable bonds is 8. The van der Waals surface area contributed by atoms with Gasteiger partial charge in [-0.1, -0.05) is 0 Å². The van der Waals surface area contributed by atoms with Crippen LogP contribution in [-0.2, 0) is 9.53 Å². The Hall–Kier alpha value is -1.17. The zero-order valence-electron chi connectivity index (χ0n) is 8.31. The van der Waals surface area contributed by atoms with Gasteiger partial charge in [0.05, 0.1) is 18.8 Å². The highest BCUT2D eigenvalue weighted by Crippen LogP contribution is 1.98. The molecule has 0 amide bonds. The van der Waals surface area contributed by atoms with Gasteiger partial charge in [0.15, 0.2) is 0 Å². The summed E-state index contributed by atoms with van der Waals surface area (Å²) < 4.78 is 4.42. The lowest BCUT2D eigenvalue weighted by Gasteiger charge is -2.13. The van der Waals surface area contributed by atoms with Gasteiger partial charge in [0.2, 0.25) is 0 Å². The van der Waals surface area contributed by atoms with Crippen molar-refractivity contribution in [3.63, 3.8) is 0 Å². The predicted molar refractivity (Wildman–Crippen MR) is 50.3 cm³/mol. The zero-order chi connectivity index (χ0) is 10.8. The molecule has 0 saturated carbocycles. The van der Waals surface area contributed by atoms with Crippen molar-refractivity contribution in [3.05, 3.63) is 4.91 Å². The fraction of sp³-hybridized carbons (Fsp3) is 0.875. The van der Waals surface area contributed by atoms with E-state index in [1.54, 1.807) is 0 Å². The first kappa shape index (κ1) is 12.8. The van der Waals surface area contributed by atoms with E-state index in [2.05, 4.69) is 10.0 Å². The summed E-state index contributed by atoms with van der Waals surface area (Å²) in [6, 6.07) is 0. The fourth-order valence-electron chi connectivity index (χ4n) is 0.922. The summed E-state index contributed by atoms with van der Waals surface area (Å²) in [4.78, 5) is 21.0. The zero-order valence-corrected chi connectivity index (χ0v) is 8.31. The van der Waals surface area contributed by atoms with Crippen LogP contribution in [-0.4, -0.2) is 42.9 Å². The highest BCUT2D eigenvalue weighted by atomic mass is 16.5. The Kier molecular flexibility index (Phi) is 7.72. The molecule has 0 aliphatic heterocycles. The number of methoxy groups -OCH3 is 1. The average molecular weight is 204 g/mol. The van der Waals surface area contributed by atoms with Gasteiger partial charge in [0.25, 0.3) is 0 Å². The van der Waals surface area contributed by atoms with E-state index in [4.69, 9.17) is 5.11 Å². The monoisotopic (exact) mass is 204 g/mol. The number of carbonyl (C=O) groups excluding carboxylic acids is 1. The van der Waals surface area contributed by atoms with Crippen molar-refractivity contribution in [2.75, 3.05) is 26.8 Å². The lowest BCUT2D eigenvalue weighted by Crippen LogP contribution is -2.22. The van der Waals surface area contributed by atoms with Crippen LogP contribution >= 0.6 is 0 Å². The van der Waals surface area contributed by atoms with Gasteiger partial charge in [-0.05, 0) is 12.8 Å². The number of aliphatic hydroxyl groups excluding tert-OH is 1. The second-order valence-electron chi connectivity index (χ2n) is 2.79. The number of hydrogen-bond donors (Lipinski definition) is 1. The molecule has 0 fully saturated rings. The Labute approximate surface area is 82.8 Å². The van der Waals surface area contributed by atoms with Crippen molar-refractivity contribution >= 4 is 5.97 Å². The first-order valence-corrected chi connectivity index (χ1v) is 4.50. The van der Waals surface area contributed by atoms with E-state index in [1.165, 1.54) is 12.1 Å². The van der Waals surface area contributed by atoms with E-state index in [-0.39, 0.29) is 25.5 Å². The summed E-state index contributed by atoms with van der Waals surface area (Å²) in [5, 5.41) is 12.5. The Balaban J connectivity index is 3.57. The molecule has 0 aromatic heterocycles. The minimum atomic E-state index is -0.360. The molecule has 0 aromatic rings. The third-order valence-corrected chi connectivity index (χ3v) is 1.74. The van der Waals surface area contributed by atoms with Crippen molar-refractivity contribution < 1.29 is 14.6 Å².